The van der Waals surface area contributed by atoms with Gasteiger partial charge < -0.3 is 4.57 Å². The van der Waals surface area contributed by atoms with Gasteiger partial charge in [-0.15, -0.1) is 11.3 Å². The molecular formula is C20H25N5S2. The first-order chi connectivity index (χ1) is 13.3. The van der Waals surface area contributed by atoms with Gasteiger partial charge in [0, 0.05) is 32.0 Å². The van der Waals surface area contributed by atoms with Crippen LogP contribution in [0.1, 0.15) is 48.9 Å². The lowest BCUT2D eigenvalue weighted by Gasteiger charge is -2.30. The van der Waals surface area contributed by atoms with Gasteiger partial charge in [0.25, 0.3) is 0 Å². The quantitative estimate of drug-likeness (QED) is 0.604. The number of thiazole rings is 1. The molecule has 2 aliphatic rings. The first-order valence-corrected chi connectivity index (χ1v) is 11.2. The summed E-state index contributed by atoms with van der Waals surface area (Å²) in [6, 6.07) is 8.47. The Morgan fingerprint density at radius 1 is 1.07 bits per heavy atom. The average molecular weight is 400 g/mol. The molecule has 0 spiro atoms. The number of hydrogen-bond donors (Lipinski definition) is 0. The third-order valence-electron chi connectivity index (χ3n) is 5.86. The van der Waals surface area contributed by atoms with Gasteiger partial charge in [0.05, 0.1) is 21.9 Å². The Kier molecular flexibility index (Phi) is 4.83. The van der Waals surface area contributed by atoms with Crippen LogP contribution in [0.25, 0.3) is 10.2 Å². The molecule has 1 aromatic carbocycles. The zero-order chi connectivity index (χ0) is 18.2. The average Bonchev–Trinajstić information content (AvgIpc) is 3.15. The van der Waals surface area contributed by atoms with E-state index in [1.54, 1.807) is 0 Å². The van der Waals surface area contributed by atoms with Gasteiger partial charge in [0.15, 0.2) is 4.77 Å². The van der Waals surface area contributed by atoms with Crippen molar-refractivity contribution < 1.29 is 0 Å². The van der Waals surface area contributed by atoms with E-state index in [9.17, 15) is 0 Å². The topological polar surface area (TPSA) is 38.9 Å². The Hall–Kier alpha value is -1.57. The maximum absolute atomic E-state index is 5.71. The van der Waals surface area contributed by atoms with E-state index in [4.69, 9.17) is 22.3 Å². The largest absolute Gasteiger partial charge is 0.304 e. The molecule has 7 heteroatoms. The molecule has 0 N–H and O–H groups in total. The summed E-state index contributed by atoms with van der Waals surface area (Å²) in [6.45, 7) is 4.04. The number of aromatic nitrogens is 4. The predicted octanol–water partition coefficient (Wildman–Crippen LogP) is 4.59. The van der Waals surface area contributed by atoms with Gasteiger partial charge in [-0.1, -0.05) is 18.6 Å². The van der Waals surface area contributed by atoms with E-state index in [2.05, 4.69) is 33.7 Å². The Balaban J connectivity index is 1.25. The van der Waals surface area contributed by atoms with Crippen molar-refractivity contribution in [1.29, 1.82) is 0 Å². The summed E-state index contributed by atoms with van der Waals surface area (Å²) in [4.78, 5) is 7.37. The number of piperidine rings is 1. The van der Waals surface area contributed by atoms with E-state index in [1.165, 1.54) is 47.6 Å². The SMILES string of the molecule is S=c1n(CN2CCC(c3nc4ccccc4s3)CC2)nc2n1CCCCC2. The predicted molar refractivity (Wildman–Crippen MR) is 112 cm³/mol. The molecule has 0 atom stereocenters. The minimum Gasteiger partial charge on any atom is -0.304 e. The van der Waals surface area contributed by atoms with Crippen molar-refractivity contribution in [3.05, 3.63) is 39.9 Å². The highest BCUT2D eigenvalue weighted by atomic mass is 32.1. The maximum Gasteiger partial charge on any atom is 0.199 e. The maximum atomic E-state index is 5.71. The van der Waals surface area contributed by atoms with Crippen LogP contribution in [0.3, 0.4) is 0 Å². The molecule has 3 aromatic rings. The number of aryl methyl sites for hydroxylation is 1. The van der Waals surface area contributed by atoms with Gasteiger partial charge >= 0.3 is 0 Å². The van der Waals surface area contributed by atoms with Crippen molar-refractivity contribution in [3.63, 3.8) is 0 Å². The number of para-hydroxylation sites is 1. The van der Waals surface area contributed by atoms with Crippen LogP contribution in [0.15, 0.2) is 24.3 Å². The molecular weight excluding hydrogens is 374 g/mol. The van der Waals surface area contributed by atoms with E-state index < -0.39 is 0 Å². The highest BCUT2D eigenvalue weighted by Crippen LogP contribution is 2.33. The molecule has 4 heterocycles. The van der Waals surface area contributed by atoms with E-state index >= 15 is 0 Å². The van der Waals surface area contributed by atoms with Gasteiger partial charge in [-0.25, -0.2) is 9.67 Å². The second kappa shape index (κ2) is 7.45. The third kappa shape index (κ3) is 3.48. The van der Waals surface area contributed by atoms with E-state index in [0.29, 0.717) is 5.92 Å². The second-order valence-corrected chi connectivity index (χ2v) is 9.14. The van der Waals surface area contributed by atoms with Crippen LogP contribution < -0.4 is 0 Å². The second-order valence-electron chi connectivity index (χ2n) is 7.71. The highest BCUT2D eigenvalue weighted by Gasteiger charge is 2.24. The lowest BCUT2D eigenvalue weighted by molar-refractivity contribution is 0.160. The van der Waals surface area contributed by atoms with Crippen LogP contribution in [0.5, 0.6) is 0 Å². The molecule has 0 amide bonds. The summed E-state index contributed by atoms with van der Waals surface area (Å²) in [5, 5.41) is 6.14. The Morgan fingerprint density at radius 3 is 2.78 bits per heavy atom. The van der Waals surface area contributed by atoms with E-state index in [1.807, 2.05) is 16.0 Å². The van der Waals surface area contributed by atoms with Crippen molar-refractivity contribution in [2.75, 3.05) is 13.1 Å². The standard InChI is InChI=1S/C20H25N5S2/c26-20-24-11-5-1-2-8-18(24)22-25(20)14-23-12-9-15(10-13-23)19-21-16-6-3-4-7-17(16)27-19/h3-4,6-7,15H,1-2,5,8-14H2. The molecule has 142 valence electrons. The molecule has 0 saturated carbocycles. The molecule has 0 bridgehead atoms. The van der Waals surface area contributed by atoms with Crippen LogP contribution in [0, 0.1) is 4.77 Å². The number of fused-ring (bicyclic) bond motifs is 2. The number of likely N-dealkylation sites (tertiary alicyclic amines) is 1. The molecule has 5 nitrogen and oxygen atoms in total. The summed E-state index contributed by atoms with van der Waals surface area (Å²) in [5.41, 5.74) is 1.14. The molecule has 2 aliphatic heterocycles. The van der Waals surface area contributed by atoms with Crippen LogP contribution in [0.4, 0.5) is 0 Å². The fourth-order valence-electron chi connectivity index (χ4n) is 4.29. The number of nitrogens with zero attached hydrogens (tertiary/aromatic N) is 5. The minimum absolute atomic E-state index is 0.588. The van der Waals surface area contributed by atoms with Crippen molar-refractivity contribution >= 4 is 33.8 Å². The van der Waals surface area contributed by atoms with Crippen LogP contribution in [0.2, 0.25) is 0 Å². The van der Waals surface area contributed by atoms with Crippen LogP contribution >= 0.6 is 23.6 Å². The lowest BCUT2D eigenvalue weighted by Crippen LogP contribution is -2.35. The van der Waals surface area contributed by atoms with Crippen molar-refractivity contribution in [2.45, 2.75) is 57.7 Å². The van der Waals surface area contributed by atoms with Gasteiger partial charge in [-0.2, -0.15) is 5.10 Å². The smallest absolute Gasteiger partial charge is 0.199 e. The highest BCUT2D eigenvalue weighted by molar-refractivity contribution is 7.71. The van der Waals surface area contributed by atoms with Crippen molar-refractivity contribution in [3.8, 4) is 0 Å². The monoisotopic (exact) mass is 399 g/mol. The summed E-state index contributed by atoms with van der Waals surface area (Å²) in [5.74, 6) is 1.77. The Morgan fingerprint density at radius 2 is 1.93 bits per heavy atom. The Labute approximate surface area is 168 Å². The zero-order valence-corrected chi connectivity index (χ0v) is 17.1. The molecule has 0 unspecified atom stereocenters. The first kappa shape index (κ1) is 17.5. The zero-order valence-electron chi connectivity index (χ0n) is 15.5. The summed E-state index contributed by atoms with van der Waals surface area (Å²) in [6.07, 6.45) is 7.15. The molecule has 1 saturated heterocycles. The fraction of sp³-hybridized carbons (Fsp3) is 0.550. The van der Waals surface area contributed by atoms with Gasteiger partial charge in [0.1, 0.15) is 5.82 Å². The van der Waals surface area contributed by atoms with E-state index in [0.717, 1.165) is 43.0 Å². The molecule has 27 heavy (non-hydrogen) atoms. The third-order valence-corrected chi connectivity index (χ3v) is 7.49. The number of hydrogen-bond acceptors (Lipinski definition) is 5. The summed E-state index contributed by atoms with van der Waals surface area (Å²) >= 11 is 7.57. The first-order valence-electron chi connectivity index (χ1n) is 10.0. The molecule has 1 fully saturated rings. The number of rotatable bonds is 3. The molecule has 5 rings (SSSR count). The molecule has 2 aromatic heterocycles. The normalized spacial score (nSPS) is 19.3. The summed E-state index contributed by atoms with van der Waals surface area (Å²) in [7, 11) is 0. The Bertz CT molecular complexity index is 960. The van der Waals surface area contributed by atoms with Gasteiger partial charge in [0.2, 0.25) is 0 Å². The van der Waals surface area contributed by atoms with Crippen molar-refractivity contribution in [2.24, 2.45) is 0 Å². The van der Waals surface area contributed by atoms with Crippen LogP contribution in [-0.4, -0.2) is 37.3 Å². The summed E-state index contributed by atoms with van der Waals surface area (Å²) < 4.78 is 6.52. The van der Waals surface area contributed by atoms with Crippen LogP contribution in [-0.2, 0) is 19.6 Å². The molecule has 0 aliphatic carbocycles. The fourth-order valence-corrected chi connectivity index (χ4v) is 5.72. The van der Waals surface area contributed by atoms with Crippen molar-refractivity contribution in [1.82, 2.24) is 24.2 Å². The van der Waals surface area contributed by atoms with E-state index in [-0.39, 0.29) is 0 Å². The minimum atomic E-state index is 0.588. The van der Waals surface area contributed by atoms with Gasteiger partial charge in [-0.05, 0) is 50.0 Å². The lowest BCUT2D eigenvalue weighted by atomic mass is 9.98. The number of benzene rings is 1. The van der Waals surface area contributed by atoms with Gasteiger partial charge in [-0.3, -0.25) is 4.90 Å². The molecule has 0 radical (unpaired) electrons.